The molecule has 1 unspecified atom stereocenters. The van der Waals surface area contributed by atoms with Gasteiger partial charge in [0.2, 0.25) is 0 Å². The maximum absolute atomic E-state index is 9.56. The van der Waals surface area contributed by atoms with Gasteiger partial charge in [-0.1, -0.05) is 6.07 Å². The fraction of sp³-hybridized carbons (Fsp3) is 0.600. The second kappa shape index (κ2) is 6.78. The number of methoxy groups -OCH3 is 1. The Morgan fingerprint density at radius 3 is 2.68 bits per heavy atom. The van der Waals surface area contributed by atoms with E-state index in [4.69, 9.17) is 14.2 Å². The molecule has 1 aliphatic rings. The minimum atomic E-state index is -0.501. The van der Waals surface area contributed by atoms with Crippen LogP contribution >= 0.6 is 0 Å². The van der Waals surface area contributed by atoms with Gasteiger partial charge < -0.3 is 19.3 Å². The maximum Gasteiger partial charge on any atom is 0.161 e. The molecule has 1 saturated heterocycles. The molecule has 1 N–H and O–H groups in total. The summed E-state index contributed by atoms with van der Waals surface area (Å²) in [5, 5.41) is 9.56. The SMILES string of the molecule is COc1cc(C(C)O)ccc1OCC1CCOCC1. The fourth-order valence-electron chi connectivity index (χ4n) is 2.18. The third-order valence-electron chi connectivity index (χ3n) is 3.49. The summed E-state index contributed by atoms with van der Waals surface area (Å²) in [7, 11) is 1.61. The number of ether oxygens (including phenoxy) is 3. The summed E-state index contributed by atoms with van der Waals surface area (Å²) >= 11 is 0. The van der Waals surface area contributed by atoms with Crippen LogP contribution in [0.2, 0.25) is 0 Å². The first kappa shape index (κ1) is 14.2. The number of hydrogen-bond acceptors (Lipinski definition) is 4. The zero-order chi connectivity index (χ0) is 13.7. The van der Waals surface area contributed by atoms with E-state index in [-0.39, 0.29) is 0 Å². The lowest BCUT2D eigenvalue weighted by atomic mass is 10.0. The zero-order valence-corrected chi connectivity index (χ0v) is 11.6. The molecular weight excluding hydrogens is 244 g/mol. The van der Waals surface area contributed by atoms with Crippen molar-refractivity contribution in [3.05, 3.63) is 23.8 Å². The molecule has 0 saturated carbocycles. The Labute approximate surface area is 114 Å². The summed E-state index contributed by atoms with van der Waals surface area (Å²) in [5.41, 5.74) is 0.829. The third kappa shape index (κ3) is 3.85. The summed E-state index contributed by atoms with van der Waals surface area (Å²) in [6.45, 7) is 4.07. The van der Waals surface area contributed by atoms with Crippen LogP contribution in [-0.2, 0) is 4.74 Å². The average molecular weight is 266 g/mol. The molecule has 0 bridgehead atoms. The van der Waals surface area contributed by atoms with E-state index in [0.29, 0.717) is 18.3 Å². The van der Waals surface area contributed by atoms with E-state index < -0.39 is 6.10 Å². The smallest absolute Gasteiger partial charge is 0.161 e. The minimum Gasteiger partial charge on any atom is -0.493 e. The van der Waals surface area contributed by atoms with Crippen molar-refractivity contribution >= 4 is 0 Å². The largest absolute Gasteiger partial charge is 0.493 e. The first-order valence-electron chi connectivity index (χ1n) is 6.77. The molecule has 2 rings (SSSR count). The van der Waals surface area contributed by atoms with E-state index >= 15 is 0 Å². The molecule has 1 aliphatic heterocycles. The molecule has 0 spiro atoms. The van der Waals surface area contributed by atoms with Crippen LogP contribution in [0, 0.1) is 5.92 Å². The number of hydrogen-bond donors (Lipinski definition) is 1. The Morgan fingerprint density at radius 2 is 2.05 bits per heavy atom. The lowest BCUT2D eigenvalue weighted by molar-refractivity contribution is 0.0493. The van der Waals surface area contributed by atoms with Crippen molar-refractivity contribution in [2.75, 3.05) is 26.9 Å². The molecule has 0 aromatic heterocycles. The Morgan fingerprint density at radius 1 is 1.32 bits per heavy atom. The highest BCUT2D eigenvalue weighted by Crippen LogP contribution is 2.31. The molecule has 0 amide bonds. The summed E-state index contributed by atoms with van der Waals surface area (Å²) in [5.74, 6) is 1.96. The van der Waals surface area contributed by atoms with Crippen LogP contribution in [0.15, 0.2) is 18.2 Å². The fourth-order valence-corrected chi connectivity index (χ4v) is 2.18. The predicted octanol–water partition coefficient (Wildman–Crippen LogP) is 2.55. The van der Waals surface area contributed by atoms with Gasteiger partial charge in [0, 0.05) is 13.2 Å². The summed E-state index contributed by atoms with van der Waals surface area (Å²) < 4.78 is 16.5. The summed E-state index contributed by atoms with van der Waals surface area (Å²) in [4.78, 5) is 0. The van der Waals surface area contributed by atoms with Crippen LogP contribution < -0.4 is 9.47 Å². The molecule has 1 fully saturated rings. The van der Waals surface area contributed by atoms with Gasteiger partial charge in [0.1, 0.15) is 0 Å². The van der Waals surface area contributed by atoms with Crippen LogP contribution in [0.4, 0.5) is 0 Å². The third-order valence-corrected chi connectivity index (χ3v) is 3.49. The molecule has 19 heavy (non-hydrogen) atoms. The lowest BCUT2D eigenvalue weighted by Gasteiger charge is -2.22. The minimum absolute atomic E-state index is 0.501. The van der Waals surface area contributed by atoms with E-state index in [1.807, 2.05) is 18.2 Å². The van der Waals surface area contributed by atoms with E-state index in [2.05, 4.69) is 0 Å². The van der Waals surface area contributed by atoms with Gasteiger partial charge in [-0.25, -0.2) is 0 Å². The van der Waals surface area contributed by atoms with Crippen molar-refractivity contribution in [1.29, 1.82) is 0 Å². The van der Waals surface area contributed by atoms with Crippen molar-refractivity contribution in [2.24, 2.45) is 5.92 Å². The van der Waals surface area contributed by atoms with Gasteiger partial charge in [-0.05, 0) is 43.4 Å². The molecule has 1 heterocycles. The molecule has 0 radical (unpaired) electrons. The molecule has 106 valence electrons. The second-order valence-corrected chi connectivity index (χ2v) is 4.95. The van der Waals surface area contributed by atoms with Crippen LogP contribution in [-0.4, -0.2) is 32.0 Å². The standard InChI is InChI=1S/C15H22O4/c1-11(16)13-3-4-14(15(9-13)17-2)19-10-12-5-7-18-8-6-12/h3-4,9,11-12,16H,5-8,10H2,1-2H3. The van der Waals surface area contributed by atoms with Gasteiger partial charge in [0.15, 0.2) is 11.5 Å². The van der Waals surface area contributed by atoms with Gasteiger partial charge in [0.25, 0.3) is 0 Å². The summed E-state index contributed by atoms with van der Waals surface area (Å²) in [6, 6.07) is 5.55. The highest BCUT2D eigenvalue weighted by molar-refractivity contribution is 5.43. The topological polar surface area (TPSA) is 47.9 Å². The Kier molecular flexibility index (Phi) is 5.05. The van der Waals surface area contributed by atoms with Crippen LogP contribution in [0.25, 0.3) is 0 Å². The monoisotopic (exact) mass is 266 g/mol. The number of rotatable bonds is 5. The molecule has 1 aromatic carbocycles. The van der Waals surface area contributed by atoms with E-state index in [1.54, 1.807) is 14.0 Å². The van der Waals surface area contributed by atoms with Gasteiger partial charge in [-0.2, -0.15) is 0 Å². The van der Waals surface area contributed by atoms with Gasteiger partial charge in [0.05, 0.1) is 19.8 Å². The van der Waals surface area contributed by atoms with Crippen LogP contribution in [0.5, 0.6) is 11.5 Å². The van der Waals surface area contributed by atoms with Gasteiger partial charge >= 0.3 is 0 Å². The highest BCUT2D eigenvalue weighted by Gasteiger charge is 2.16. The normalized spacial score (nSPS) is 18.1. The molecule has 1 atom stereocenters. The summed E-state index contributed by atoms with van der Waals surface area (Å²) in [6.07, 6.45) is 1.60. The first-order valence-corrected chi connectivity index (χ1v) is 6.77. The lowest BCUT2D eigenvalue weighted by Crippen LogP contribution is -2.21. The van der Waals surface area contributed by atoms with Gasteiger partial charge in [-0.15, -0.1) is 0 Å². The maximum atomic E-state index is 9.56. The second-order valence-electron chi connectivity index (χ2n) is 4.95. The van der Waals surface area contributed by atoms with Crippen LogP contribution in [0.1, 0.15) is 31.4 Å². The molecule has 1 aromatic rings. The van der Waals surface area contributed by atoms with E-state index in [1.165, 1.54) is 0 Å². The molecule has 4 nitrogen and oxygen atoms in total. The number of aliphatic hydroxyl groups excluding tert-OH is 1. The van der Waals surface area contributed by atoms with E-state index in [9.17, 15) is 5.11 Å². The zero-order valence-electron chi connectivity index (χ0n) is 11.6. The Bertz CT molecular complexity index is 397. The van der Waals surface area contributed by atoms with Crippen molar-refractivity contribution in [3.63, 3.8) is 0 Å². The Balaban J connectivity index is 1.98. The van der Waals surface area contributed by atoms with Crippen molar-refractivity contribution in [2.45, 2.75) is 25.9 Å². The Hall–Kier alpha value is -1.26. The molecular formula is C15H22O4. The van der Waals surface area contributed by atoms with E-state index in [0.717, 1.165) is 37.4 Å². The molecule has 4 heteroatoms. The highest BCUT2D eigenvalue weighted by atomic mass is 16.5. The molecule has 0 aliphatic carbocycles. The first-order chi connectivity index (χ1) is 9.20. The van der Waals surface area contributed by atoms with Crippen molar-refractivity contribution in [3.8, 4) is 11.5 Å². The number of aliphatic hydroxyl groups is 1. The van der Waals surface area contributed by atoms with Crippen molar-refractivity contribution in [1.82, 2.24) is 0 Å². The average Bonchev–Trinajstić information content (AvgIpc) is 2.45. The van der Waals surface area contributed by atoms with Crippen LogP contribution in [0.3, 0.4) is 0 Å². The number of benzene rings is 1. The quantitative estimate of drug-likeness (QED) is 0.889. The van der Waals surface area contributed by atoms with Gasteiger partial charge in [-0.3, -0.25) is 0 Å². The van der Waals surface area contributed by atoms with Crippen molar-refractivity contribution < 1.29 is 19.3 Å². The predicted molar refractivity (Wildman–Crippen MR) is 72.7 cm³/mol.